The zero-order valence-corrected chi connectivity index (χ0v) is 11.8. The Balaban J connectivity index is 2.40. The summed E-state index contributed by atoms with van der Waals surface area (Å²) in [5, 5.41) is 6.36. The molecule has 1 aromatic rings. The molecule has 1 aromatic heterocycles. The lowest BCUT2D eigenvalue weighted by Crippen LogP contribution is -2.36. The highest BCUT2D eigenvalue weighted by molar-refractivity contribution is 7.09. The fourth-order valence-electron chi connectivity index (χ4n) is 1.33. The lowest BCUT2D eigenvalue weighted by molar-refractivity contribution is 0.722. The second-order valence-corrected chi connectivity index (χ2v) is 5.54. The van der Waals surface area contributed by atoms with Gasteiger partial charge in [0.1, 0.15) is 0 Å². The van der Waals surface area contributed by atoms with E-state index in [4.69, 9.17) is 5.73 Å². The maximum atomic E-state index is 5.71. The molecule has 0 saturated carbocycles. The number of aliphatic imine (C=N–C) groups is 1. The third kappa shape index (κ3) is 5.17. The molecule has 0 fully saturated rings. The zero-order chi connectivity index (χ0) is 12.8. The summed E-state index contributed by atoms with van der Waals surface area (Å²) in [5.41, 5.74) is 6.82. The van der Waals surface area contributed by atoms with E-state index in [-0.39, 0.29) is 0 Å². The van der Waals surface area contributed by atoms with Crippen molar-refractivity contribution < 1.29 is 0 Å². The molecule has 0 saturated heterocycles. The van der Waals surface area contributed by atoms with Crippen molar-refractivity contribution in [3.63, 3.8) is 0 Å². The SMILES string of the molecule is CC(C)NC(N)=NCCc1csc(C(C)C)n1. The van der Waals surface area contributed by atoms with Gasteiger partial charge in [-0.1, -0.05) is 13.8 Å². The van der Waals surface area contributed by atoms with E-state index >= 15 is 0 Å². The Bertz CT molecular complexity index is 368. The second-order valence-electron chi connectivity index (χ2n) is 4.65. The molecule has 4 nitrogen and oxygen atoms in total. The van der Waals surface area contributed by atoms with Gasteiger partial charge >= 0.3 is 0 Å². The average molecular weight is 254 g/mol. The van der Waals surface area contributed by atoms with Crippen LogP contribution >= 0.6 is 11.3 Å². The molecule has 96 valence electrons. The molecule has 0 atom stereocenters. The van der Waals surface area contributed by atoms with E-state index in [2.05, 4.69) is 34.5 Å². The lowest BCUT2D eigenvalue weighted by Gasteiger charge is -2.07. The van der Waals surface area contributed by atoms with E-state index in [0.717, 1.165) is 12.1 Å². The van der Waals surface area contributed by atoms with Crippen molar-refractivity contribution in [1.82, 2.24) is 10.3 Å². The van der Waals surface area contributed by atoms with Gasteiger partial charge in [0.15, 0.2) is 5.96 Å². The number of thiazole rings is 1. The summed E-state index contributed by atoms with van der Waals surface area (Å²) in [5.74, 6) is 1.02. The first-order valence-corrected chi connectivity index (χ1v) is 6.87. The van der Waals surface area contributed by atoms with E-state index in [1.54, 1.807) is 11.3 Å². The molecule has 3 N–H and O–H groups in total. The lowest BCUT2D eigenvalue weighted by atomic mass is 10.2. The molecular formula is C12H22N4S. The Morgan fingerprint density at radius 2 is 2.18 bits per heavy atom. The van der Waals surface area contributed by atoms with Gasteiger partial charge in [0.25, 0.3) is 0 Å². The minimum Gasteiger partial charge on any atom is -0.370 e. The fourth-order valence-corrected chi connectivity index (χ4v) is 2.20. The summed E-state index contributed by atoms with van der Waals surface area (Å²) in [6.07, 6.45) is 0.851. The van der Waals surface area contributed by atoms with Crippen LogP contribution in [0.1, 0.15) is 44.3 Å². The number of hydrogen-bond acceptors (Lipinski definition) is 3. The van der Waals surface area contributed by atoms with Crippen LogP contribution in [-0.4, -0.2) is 23.5 Å². The van der Waals surface area contributed by atoms with Gasteiger partial charge in [0, 0.05) is 30.3 Å². The molecule has 0 aliphatic rings. The number of aromatic nitrogens is 1. The fraction of sp³-hybridized carbons (Fsp3) is 0.667. The molecule has 0 radical (unpaired) electrons. The molecule has 1 heterocycles. The first-order valence-electron chi connectivity index (χ1n) is 5.99. The Morgan fingerprint density at radius 1 is 1.47 bits per heavy atom. The second kappa shape index (κ2) is 6.59. The van der Waals surface area contributed by atoms with Crippen LogP contribution < -0.4 is 11.1 Å². The maximum absolute atomic E-state index is 5.71. The average Bonchev–Trinajstić information content (AvgIpc) is 2.65. The maximum Gasteiger partial charge on any atom is 0.188 e. The van der Waals surface area contributed by atoms with Gasteiger partial charge in [0.05, 0.1) is 10.7 Å². The summed E-state index contributed by atoms with van der Waals surface area (Å²) in [6.45, 7) is 9.08. The Hall–Kier alpha value is -1.10. The molecular weight excluding hydrogens is 232 g/mol. The highest BCUT2D eigenvalue weighted by Gasteiger charge is 2.05. The van der Waals surface area contributed by atoms with Crippen LogP contribution in [-0.2, 0) is 6.42 Å². The van der Waals surface area contributed by atoms with E-state index in [9.17, 15) is 0 Å². The summed E-state index contributed by atoms with van der Waals surface area (Å²) in [4.78, 5) is 8.82. The third-order valence-corrected chi connectivity index (χ3v) is 3.34. The zero-order valence-electron chi connectivity index (χ0n) is 11.0. The van der Waals surface area contributed by atoms with Crippen LogP contribution in [0.15, 0.2) is 10.4 Å². The highest BCUT2D eigenvalue weighted by atomic mass is 32.1. The number of nitrogens with two attached hydrogens (primary N) is 1. The van der Waals surface area contributed by atoms with Gasteiger partial charge in [-0.15, -0.1) is 11.3 Å². The Labute approximate surface area is 107 Å². The Morgan fingerprint density at radius 3 is 2.71 bits per heavy atom. The molecule has 0 aliphatic heterocycles. The molecule has 0 unspecified atom stereocenters. The molecule has 5 heteroatoms. The minimum atomic E-state index is 0.325. The standard InChI is InChI=1S/C12H22N4S/c1-8(2)11-16-10(7-17-11)5-6-14-12(13)15-9(3)4/h7-9H,5-6H2,1-4H3,(H3,13,14,15). The van der Waals surface area contributed by atoms with Crippen molar-refractivity contribution >= 4 is 17.3 Å². The van der Waals surface area contributed by atoms with Crippen LogP contribution in [0.3, 0.4) is 0 Å². The quantitative estimate of drug-likeness (QED) is 0.625. The summed E-state index contributed by atoms with van der Waals surface area (Å²) in [7, 11) is 0. The van der Waals surface area contributed by atoms with Crippen molar-refractivity contribution in [2.75, 3.05) is 6.54 Å². The minimum absolute atomic E-state index is 0.325. The van der Waals surface area contributed by atoms with E-state index in [1.807, 2.05) is 13.8 Å². The normalized spacial score (nSPS) is 12.5. The molecule has 0 spiro atoms. The predicted molar refractivity (Wildman–Crippen MR) is 74.7 cm³/mol. The number of rotatable bonds is 5. The molecule has 17 heavy (non-hydrogen) atoms. The van der Waals surface area contributed by atoms with Crippen LogP contribution in [0.5, 0.6) is 0 Å². The smallest absolute Gasteiger partial charge is 0.188 e. The van der Waals surface area contributed by atoms with Crippen LogP contribution in [0.25, 0.3) is 0 Å². The summed E-state index contributed by atoms with van der Waals surface area (Å²) >= 11 is 1.72. The summed E-state index contributed by atoms with van der Waals surface area (Å²) in [6, 6.07) is 0.325. The van der Waals surface area contributed by atoms with Crippen molar-refractivity contribution in [1.29, 1.82) is 0 Å². The Kier molecular flexibility index (Phi) is 5.41. The van der Waals surface area contributed by atoms with E-state index in [0.29, 0.717) is 24.5 Å². The summed E-state index contributed by atoms with van der Waals surface area (Å²) < 4.78 is 0. The third-order valence-electron chi connectivity index (χ3n) is 2.15. The number of hydrogen-bond donors (Lipinski definition) is 2. The number of guanidine groups is 1. The van der Waals surface area contributed by atoms with Crippen molar-refractivity contribution in [2.45, 2.75) is 46.1 Å². The van der Waals surface area contributed by atoms with E-state index in [1.165, 1.54) is 5.01 Å². The first kappa shape index (κ1) is 14.0. The topological polar surface area (TPSA) is 63.3 Å². The van der Waals surface area contributed by atoms with Crippen molar-refractivity contribution in [3.8, 4) is 0 Å². The first-order chi connectivity index (χ1) is 7.99. The van der Waals surface area contributed by atoms with Gasteiger partial charge in [0.2, 0.25) is 0 Å². The van der Waals surface area contributed by atoms with Gasteiger partial charge in [-0.3, -0.25) is 4.99 Å². The van der Waals surface area contributed by atoms with Gasteiger partial charge in [-0.25, -0.2) is 4.98 Å². The van der Waals surface area contributed by atoms with Crippen LogP contribution in [0.4, 0.5) is 0 Å². The van der Waals surface area contributed by atoms with E-state index < -0.39 is 0 Å². The monoisotopic (exact) mass is 254 g/mol. The van der Waals surface area contributed by atoms with Crippen LogP contribution in [0.2, 0.25) is 0 Å². The number of nitrogens with zero attached hydrogens (tertiary/aromatic N) is 2. The molecule has 0 aromatic carbocycles. The van der Waals surface area contributed by atoms with Crippen molar-refractivity contribution in [2.24, 2.45) is 10.7 Å². The molecule has 0 bridgehead atoms. The van der Waals surface area contributed by atoms with Crippen LogP contribution in [0, 0.1) is 0 Å². The predicted octanol–water partition coefficient (Wildman–Crippen LogP) is 2.12. The molecule has 0 aliphatic carbocycles. The molecule has 1 rings (SSSR count). The van der Waals surface area contributed by atoms with Gasteiger partial charge in [-0.05, 0) is 13.8 Å². The van der Waals surface area contributed by atoms with Crippen molar-refractivity contribution in [3.05, 3.63) is 16.1 Å². The highest BCUT2D eigenvalue weighted by Crippen LogP contribution is 2.19. The largest absolute Gasteiger partial charge is 0.370 e. The molecule has 0 amide bonds. The number of nitrogens with one attached hydrogen (secondary N) is 1. The van der Waals surface area contributed by atoms with Gasteiger partial charge in [-0.2, -0.15) is 0 Å². The van der Waals surface area contributed by atoms with Gasteiger partial charge < -0.3 is 11.1 Å².